The molecule has 1 amide bonds. The number of hydrogen-bond acceptors (Lipinski definition) is 5. The highest BCUT2D eigenvalue weighted by Gasteiger charge is 2.22. The number of benzene rings is 2. The van der Waals surface area contributed by atoms with Gasteiger partial charge in [0.1, 0.15) is 0 Å². The molecule has 0 saturated carbocycles. The molecule has 7 nitrogen and oxygen atoms in total. The summed E-state index contributed by atoms with van der Waals surface area (Å²) in [4.78, 5) is 27.4. The fourth-order valence-electron chi connectivity index (χ4n) is 3.47. The molecule has 3 rings (SSSR count). The van der Waals surface area contributed by atoms with Gasteiger partial charge in [-0.15, -0.1) is 0 Å². The van der Waals surface area contributed by atoms with Crippen molar-refractivity contribution in [3.05, 3.63) is 65.7 Å². The number of hydrogen-bond donors (Lipinski definition) is 2. The molecule has 0 spiro atoms. The van der Waals surface area contributed by atoms with Crippen LogP contribution in [0.15, 0.2) is 54.6 Å². The van der Waals surface area contributed by atoms with E-state index >= 15 is 0 Å². The Morgan fingerprint density at radius 3 is 2.76 bits per heavy atom. The first-order valence-corrected chi connectivity index (χ1v) is 9.69. The third-order valence-electron chi connectivity index (χ3n) is 4.77. The SMILES string of the molecule is CN(CC(=O)O)CC1CN(Cc2cccc(C(=O)Nc3ccccc3)c2)CCO1. The smallest absolute Gasteiger partial charge is 0.317 e. The fourth-order valence-corrected chi connectivity index (χ4v) is 3.47. The van der Waals surface area contributed by atoms with Gasteiger partial charge in [0, 0.05) is 37.4 Å². The number of ether oxygens (including phenoxy) is 1. The van der Waals surface area contributed by atoms with Gasteiger partial charge in [-0.3, -0.25) is 19.4 Å². The minimum atomic E-state index is -0.842. The zero-order chi connectivity index (χ0) is 20.6. The summed E-state index contributed by atoms with van der Waals surface area (Å²) in [7, 11) is 1.78. The molecule has 0 aromatic heterocycles. The molecule has 1 aliphatic rings. The predicted molar refractivity (Wildman–Crippen MR) is 111 cm³/mol. The highest BCUT2D eigenvalue weighted by Crippen LogP contribution is 2.14. The molecular weight excluding hydrogens is 370 g/mol. The molecule has 2 aromatic rings. The Morgan fingerprint density at radius 1 is 1.21 bits per heavy atom. The maximum Gasteiger partial charge on any atom is 0.317 e. The van der Waals surface area contributed by atoms with Gasteiger partial charge in [-0.05, 0) is 36.9 Å². The van der Waals surface area contributed by atoms with Gasteiger partial charge >= 0.3 is 5.97 Å². The monoisotopic (exact) mass is 397 g/mol. The number of carboxylic acids is 1. The second-order valence-electron chi connectivity index (χ2n) is 7.34. The van der Waals surface area contributed by atoms with Gasteiger partial charge < -0.3 is 15.2 Å². The highest BCUT2D eigenvalue weighted by atomic mass is 16.5. The average Bonchev–Trinajstić information content (AvgIpc) is 2.68. The number of carboxylic acid groups (broad SMARTS) is 1. The first-order chi connectivity index (χ1) is 14.0. The lowest BCUT2D eigenvalue weighted by atomic mass is 10.1. The third kappa shape index (κ3) is 6.67. The van der Waals surface area contributed by atoms with Crippen LogP contribution in [0.5, 0.6) is 0 Å². The number of para-hydroxylation sites is 1. The Kier molecular flexibility index (Phi) is 7.35. The Bertz CT molecular complexity index is 828. The minimum Gasteiger partial charge on any atom is -0.480 e. The van der Waals surface area contributed by atoms with E-state index in [-0.39, 0.29) is 18.6 Å². The molecule has 7 heteroatoms. The first-order valence-electron chi connectivity index (χ1n) is 9.69. The van der Waals surface area contributed by atoms with Crippen LogP contribution in [0.1, 0.15) is 15.9 Å². The van der Waals surface area contributed by atoms with Crippen LogP contribution in [0.2, 0.25) is 0 Å². The Labute approximate surface area is 170 Å². The summed E-state index contributed by atoms with van der Waals surface area (Å²) in [5, 5.41) is 11.8. The lowest BCUT2D eigenvalue weighted by Crippen LogP contribution is -2.47. The fraction of sp³-hybridized carbons (Fsp3) is 0.364. The van der Waals surface area contributed by atoms with Gasteiger partial charge in [0.2, 0.25) is 0 Å². The molecule has 1 fully saturated rings. The van der Waals surface area contributed by atoms with Gasteiger partial charge in [0.15, 0.2) is 0 Å². The van der Waals surface area contributed by atoms with Gasteiger partial charge in [0.05, 0.1) is 19.3 Å². The summed E-state index contributed by atoms with van der Waals surface area (Å²) in [6, 6.07) is 17.0. The molecule has 0 radical (unpaired) electrons. The summed E-state index contributed by atoms with van der Waals surface area (Å²) < 4.78 is 5.79. The Hall–Kier alpha value is -2.74. The average molecular weight is 397 g/mol. The quantitative estimate of drug-likeness (QED) is 0.710. The van der Waals surface area contributed by atoms with Crippen LogP contribution < -0.4 is 5.32 Å². The van der Waals surface area contributed by atoms with E-state index in [1.54, 1.807) is 11.9 Å². The Morgan fingerprint density at radius 2 is 2.00 bits per heavy atom. The molecule has 1 aliphatic heterocycles. The number of likely N-dealkylation sites (N-methyl/N-ethyl adjacent to an activating group) is 1. The van der Waals surface area contributed by atoms with E-state index in [9.17, 15) is 9.59 Å². The van der Waals surface area contributed by atoms with Gasteiger partial charge in [-0.25, -0.2) is 0 Å². The van der Waals surface area contributed by atoms with Crippen molar-refractivity contribution < 1.29 is 19.4 Å². The summed E-state index contributed by atoms with van der Waals surface area (Å²) in [6.07, 6.45) is -0.0299. The summed E-state index contributed by atoms with van der Waals surface area (Å²) in [6.45, 7) is 3.43. The van der Waals surface area contributed by atoms with Crippen molar-refractivity contribution in [2.45, 2.75) is 12.6 Å². The highest BCUT2D eigenvalue weighted by molar-refractivity contribution is 6.04. The number of nitrogens with zero attached hydrogens (tertiary/aromatic N) is 2. The molecule has 154 valence electrons. The van der Waals surface area contributed by atoms with Crippen molar-refractivity contribution >= 4 is 17.6 Å². The van der Waals surface area contributed by atoms with Crippen LogP contribution >= 0.6 is 0 Å². The second-order valence-corrected chi connectivity index (χ2v) is 7.34. The Balaban J connectivity index is 1.56. The second kappa shape index (κ2) is 10.2. The molecule has 1 heterocycles. The number of aliphatic carboxylic acids is 1. The van der Waals surface area contributed by atoms with E-state index < -0.39 is 5.97 Å². The van der Waals surface area contributed by atoms with Crippen LogP contribution in [0.25, 0.3) is 0 Å². The summed E-state index contributed by atoms with van der Waals surface area (Å²) >= 11 is 0. The largest absolute Gasteiger partial charge is 0.480 e. The van der Waals surface area contributed by atoms with Crippen LogP contribution in [0, 0.1) is 0 Å². The maximum absolute atomic E-state index is 12.5. The molecule has 2 aromatic carbocycles. The number of amides is 1. The molecule has 1 unspecified atom stereocenters. The van der Waals surface area contributed by atoms with E-state index in [0.717, 1.165) is 30.9 Å². The number of nitrogens with one attached hydrogen (secondary N) is 1. The van der Waals surface area contributed by atoms with Crippen molar-refractivity contribution in [3.63, 3.8) is 0 Å². The van der Waals surface area contributed by atoms with Crippen molar-refractivity contribution in [1.82, 2.24) is 9.80 Å². The predicted octanol–water partition coefficient (Wildman–Crippen LogP) is 2.16. The van der Waals surface area contributed by atoms with E-state index in [0.29, 0.717) is 18.7 Å². The molecule has 1 saturated heterocycles. The lowest BCUT2D eigenvalue weighted by Gasteiger charge is -2.34. The van der Waals surface area contributed by atoms with Crippen LogP contribution in [0.3, 0.4) is 0 Å². The lowest BCUT2D eigenvalue weighted by molar-refractivity contribution is -0.138. The summed E-state index contributed by atoms with van der Waals surface area (Å²) in [5.41, 5.74) is 2.45. The van der Waals surface area contributed by atoms with Crippen molar-refractivity contribution in [3.8, 4) is 0 Å². The first kappa shape index (κ1) is 21.0. The van der Waals surface area contributed by atoms with Crippen LogP contribution in [-0.4, -0.2) is 72.7 Å². The molecule has 2 N–H and O–H groups in total. The van der Waals surface area contributed by atoms with Gasteiger partial charge in [-0.2, -0.15) is 0 Å². The van der Waals surface area contributed by atoms with E-state index in [2.05, 4.69) is 10.2 Å². The maximum atomic E-state index is 12.5. The summed E-state index contributed by atoms with van der Waals surface area (Å²) in [5.74, 6) is -0.973. The topological polar surface area (TPSA) is 82.1 Å². The number of carbonyl (C=O) groups excluding carboxylic acids is 1. The zero-order valence-corrected chi connectivity index (χ0v) is 16.6. The molecule has 0 aliphatic carbocycles. The minimum absolute atomic E-state index is 0.00156. The number of anilines is 1. The number of rotatable bonds is 8. The van der Waals surface area contributed by atoms with Crippen molar-refractivity contribution in [1.29, 1.82) is 0 Å². The number of carbonyl (C=O) groups is 2. The number of morpholine rings is 1. The standard InChI is InChI=1S/C22H27N3O4/c1-24(16-21(26)27)14-20-15-25(10-11-29-20)13-17-6-5-7-18(12-17)22(28)23-19-8-3-2-4-9-19/h2-9,12,20H,10-11,13-16H2,1H3,(H,23,28)(H,26,27). The third-order valence-corrected chi connectivity index (χ3v) is 4.77. The molecule has 29 heavy (non-hydrogen) atoms. The van der Waals surface area contributed by atoms with Crippen molar-refractivity contribution in [2.24, 2.45) is 0 Å². The van der Waals surface area contributed by atoms with Gasteiger partial charge in [-0.1, -0.05) is 30.3 Å². The normalized spacial score (nSPS) is 17.2. The van der Waals surface area contributed by atoms with Crippen molar-refractivity contribution in [2.75, 3.05) is 45.2 Å². The molecule has 0 bridgehead atoms. The molecular formula is C22H27N3O4. The van der Waals surface area contributed by atoms with E-state index in [1.807, 2.05) is 54.6 Å². The van der Waals surface area contributed by atoms with Gasteiger partial charge in [0.25, 0.3) is 5.91 Å². The van der Waals surface area contributed by atoms with Crippen LogP contribution in [-0.2, 0) is 16.1 Å². The van der Waals surface area contributed by atoms with E-state index in [4.69, 9.17) is 9.84 Å². The van der Waals surface area contributed by atoms with E-state index in [1.165, 1.54) is 0 Å². The zero-order valence-electron chi connectivity index (χ0n) is 16.6. The molecule has 1 atom stereocenters. The van der Waals surface area contributed by atoms with Crippen LogP contribution in [0.4, 0.5) is 5.69 Å².